The molecule has 0 bridgehead atoms. The van der Waals surface area contributed by atoms with Crippen LogP contribution in [0.25, 0.3) is 0 Å². The summed E-state index contributed by atoms with van der Waals surface area (Å²) in [6.07, 6.45) is 3.43. The Bertz CT molecular complexity index is 429. The average molecular weight is 264 g/mol. The van der Waals surface area contributed by atoms with Gasteiger partial charge in [0.05, 0.1) is 5.60 Å². The second kappa shape index (κ2) is 5.62. The van der Waals surface area contributed by atoms with Gasteiger partial charge in [0.25, 0.3) is 0 Å². The molecule has 19 heavy (non-hydrogen) atoms. The minimum atomic E-state index is -0.756. The van der Waals surface area contributed by atoms with Crippen molar-refractivity contribution in [2.75, 3.05) is 0 Å². The Hall–Kier alpha value is -0.890. The van der Waals surface area contributed by atoms with E-state index in [9.17, 15) is 9.50 Å². The summed E-state index contributed by atoms with van der Waals surface area (Å²) in [5.74, 6) is 1.02. The Balaban J connectivity index is 2.24. The van der Waals surface area contributed by atoms with Gasteiger partial charge in [0.15, 0.2) is 0 Å². The van der Waals surface area contributed by atoms with Gasteiger partial charge in [-0.2, -0.15) is 0 Å². The monoisotopic (exact) mass is 264 g/mol. The van der Waals surface area contributed by atoms with Crippen LogP contribution in [0.1, 0.15) is 45.6 Å². The molecule has 1 nitrogen and oxygen atoms in total. The topological polar surface area (TPSA) is 20.2 Å². The first kappa shape index (κ1) is 14.5. The van der Waals surface area contributed by atoms with Crippen LogP contribution in [0.2, 0.25) is 0 Å². The van der Waals surface area contributed by atoms with Gasteiger partial charge in [-0.25, -0.2) is 4.39 Å². The van der Waals surface area contributed by atoms with Crippen LogP contribution >= 0.6 is 0 Å². The Morgan fingerprint density at radius 3 is 2.63 bits per heavy atom. The first-order valence-corrected chi connectivity index (χ1v) is 7.38. The number of halogens is 1. The van der Waals surface area contributed by atoms with Crippen molar-refractivity contribution in [1.29, 1.82) is 0 Å². The molecule has 0 radical (unpaired) electrons. The average Bonchev–Trinajstić information content (AvgIpc) is 2.31. The van der Waals surface area contributed by atoms with E-state index in [0.29, 0.717) is 23.8 Å². The fourth-order valence-corrected chi connectivity index (χ4v) is 3.72. The van der Waals surface area contributed by atoms with E-state index in [1.165, 1.54) is 12.5 Å². The van der Waals surface area contributed by atoms with Gasteiger partial charge in [-0.3, -0.25) is 0 Å². The third-order valence-corrected chi connectivity index (χ3v) is 4.62. The van der Waals surface area contributed by atoms with Crippen LogP contribution in [0.5, 0.6) is 0 Å². The summed E-state index contributed by atoms with van der Waals surface area (Å²) < 4.78 is 13.8. The van der Waals surface area contributed by atoms with Crippen LogP contribution in [0, 0.1) is 23.6 Å². The van der Waals surface area contributed by atoms with E-state index in [4.69, 9.17) is 0 Å². The third-order valence-electron chi connectivity index (χ3n) is 4.62. The lowest BCUT2D eigenvalue weighted by Gasteiger charge is -2.45. The SMILES string of the molecule is CC1CCC(C(C)C)C(O)(Cc2ccccc2F)C1. The standard InChI is InChI=1S/C17H25FO/c1-12(2)15-9-8-13(3)10-17(15,19)11-14-6-4-5-7-16(14)18/h4-7,12-13,15,19H,8-11H2,1-3H3. The minimum Gasteiger partial charge on any atom is -0.389 e. The lowest BCUT2D eigenvalue weighted by atomic mass is 9.65. The molecule has 0 spiro atoms. The second-order valence-electron chi connectivity index (χ2n) is 6.61. The van der Waals surface area contributed by atoms with Gasteiger partial charge in [-0.1, -0.05) is 45.4 Å². The van der Waals surface area contributed by atoms with Crippen LogP contribution in [0.15, 0.2) is 24.3 Å². The highest BCUT2D eigenvalue weighted by Gasteiger charge is 2.42. The summed E-state index contributed by atoms with van der Waals surface area (Å²) >= 11 is 0. The van der Waals surface area contributed by atoms with Crippen LogP contribution in [-0.4, -0.2) is 10.7 Å². The Morgan fingerprint density at radius 2 is 2.00 bits per heavy atom. The second-order valence-corrected chi connectivity index (χ2v) is 6.61. The van der Waals surface area contributed by atoms with Crippen LogP contribution in [-0.2, 0) is 6.42 Å². The van der Waals surface area contributed by atoms with Crippen LogP contribution in [0.4, 0.5) is 4.39 Å². The maximum absolute atomic E-state index is 13.8. The van der Waals surface area contributed by atoms with E-state index < -0.39 is 5.60 Å². The summed E-state index contributed by atoms with van der Waals surface area (Å²) in [5.41, 5.74) is -0.113. The fraction of sp³-hybridized carbons (Fsp3) is 0.647. The Morgan fingerprint density at radius 1 is 1.32 bits per heavy atom. The number of aliphatic hydroxyl groups is 1. The largest absolute Gasteiger partial charge is 0.389 e. The third kappa shape index (κ3) is 3.17. The molecule has 0 heterocycles. The van der Waals surface area contributed by atoms with Gasteiger partial charge in [-0.15, -0.1) is 0 Å². The molecule has 1 saturated carbocycles. The van der Waals surface area contributed by atoms with Crippen molar-refractivity contribution in [2.24, 2.45) is 17.8 Å². The Labute approximate surface area is 115 Å². The molecule has 0 amide bonds. The highest BCUT2D eigenvalue weighted by molar-refractivity contribution is 5.20. The predicted molar refractivity (Wildman–Crippen MR) is 76.4 cm³/mol. The van der Waals surface area contributed by atoms with Gasteiger partial charge in [0.2, 0.25) is 0 Å². The smallest absolute Gasteiger partial charge is 0.126 e. The van der Waals surface area contributed by atoms with Crippen molar-refractivity contribution in [3.8, 4) is 0 Å². The van der Waals surface area contributed by atoms with Crippen molar-refractivity contribution in [3.05, 3.63) is 35.6 Å². The molecule has 0 aliphatic heterocycles. The van der Waals surface area contributed by atoms with E-state index in [-0.39, 0.29) is 11.7 Å². The van der Waals surface area contributed by atoms with E-state index in [0.717, 1.165) is 12.8 Å². The molecule has 106 valence electrons. The zero-order chi connectivity index (χ0) is 14.0. The number of rotatable bonds is 3. The van der Waals surface area contributed by atoms with Crippen molar-refractivity contribution in [3.63, 3.8) is 0 Å². The number of benzene rings is 1. The van der Waals surface area contributed by atoms with Gasteiger partial charge in [0, 0.05) is 6.42 Å². The first-order chi connectivity index (χ1) is 8.92. The van der Waals surface area contributed by atoms with E-state index in [1.54, 1.807) is 12.1 Å². The van der Waals surface area contributed by atoms with Crippen molar-refractivity contribution < 1.29 is 9.50 Å². The molecule has 1 N–H and O–H groups in total. The maximum Gasteiger partial charge on any atom is 0.126 e. The first-order valence-electron chi connectivity index (χ1n) is 7.38. The van der Waals surface area contributed by atoms with Gasteiger partial charge in [-0.05, 0) is 42.2 Å². The summed E-state index contributed by atoms with van der Waals surface area (Å²) in [4.78, 5) is 0. The lowest BCUT2D eigenvalue weighted by Crippen LogP contribution is -2.47. The summed E-state index contributed by atoms with van der Waals surface area (Å²) in [6.45, 7) is 6.50. The highest BCUT2D eigenvalue weighted by atomic mass is 19.1. The van der Waals surface area contributed by atoms with Gasteiger partial charge < -0.3 is 5.11 Å². The Kier molecular flexibility index (Phi) is 4.29. The lowest BCUT2D eigenvalue weighted by molar-refractivity contribution is -0.0799. The molecule has 1 fully saturated rings. The normalized spacial score (nSPS) is 31.7. The molecule has 1 aromatic carbocycles. The molecule has 3 atom stereocenters. The summed E-state index contributed by atoms with van der Waals surface area (Å²) in [6, 6.07) is 6.82. The number of hydrogen-bond acceptors (Lipinski definition) is 1. The molecule has 2 heteroatoms. The molecule has 0 aromatic heterocycles. The van der Waals surface area contributed by atoms with Crippen molar-refractivity contribution >= 4 is 0 Å². The molecular formula is C17H25FO. The van der Waals surface area contributed by atoms with Crippen LogP contribution < -0.4 is 0 Å². The number of hydrogen-bond donors (Lipinski definition) is 1. The molecular weight excluding hydrogens is 239 g/mol. The summed E-state index contributed by atoms with van der Waals surface area (Å²) in [5, 5.41) is 11.1. The molecule has 1 aliphatic rings. The van der Waals surface area contributed by atoms with E-state index in [1.807, 2.05) is 6.07 Å². The molecule has 1 aliphatic carbocycles. The maximum atomic E-state index is 13.8. The van der Waals surface area contributed by atoms with Gasteiger partial charge in [0.1, 0.15) is 5.82 Å². The molecule has 0 saturated heterocycles. The zero-order valence-corrected chi connectivity index (χ0v) is 12.2. The minimum absolute atomic E-state index is 0.198. The highest BCUT2D eigenvalue weighted by Crippen LogP contribution is 2.43. The molecule has 2 rings (SSSR count). The van der Waals surface area contributed by atoms with E-state index in [2.05, 4.69) is 20.8 Å². The van der Waals surface area contributed by atoms with Crippen LogP contribution in [0.3, 0.4) is 0 Å². The fourth-order valence-electron chi connectivity index (χ4n) is 3.72. The summed E-state index contributed by atoms with van der Waals surface area (Å²) in [7, 11) is 0. The van der Waals surface area contributed by atoms with Crippen molar-refractivity contribution in [2.45, 2.75) is 52.1 Å². The van der Waals surface area contributed by atoms with Crippen molar-refractivity contribution in [1.82, 2.24) is 0 Å². The predicted octanol–water partition coefficient (Wildman–Crippen LogP) is 4.19. The van der Waals surface area contributed by atoms with E-state index >= 15 is 0 Å². The zero-order valence-electron chi connectivity index (χ0n) is 12.2. The molecule has 1 aromatic rings. The quantitative estimate of drug-likeness (QED) is 0.868. The molecule has 3 unspecified atom stereocenters. The van der Waals surface area contributed by atoms with Gasteiger partial charge >= 0.3 is 0 Å².